The molecular weight excluding hydrogens is 234 g/mol. The second-order valence-corrected chi connectivity index (χ2v) is 5.33. The molecule has 0 aromatic carbocycles. The summed E-state index contributed by atoms with van der Waals surface area (Å²) in [5, 5.41) is 6.29. The quantitative estimate of drug-likeness (QED) is 0.806. The molecule has 2 rings (SSSR count). The Morgan fingerprint density at radius 3 is 3.18 bits per heavy atom. The zero-order chi connectivity index (χ0) is 12.3. The maximum Gasteiger partial charge on any atom is 0.246 e. The molecule has 1 N–H and O–H groups in total. The molecule has 0 bridgehead atoms. The van der Waals surface area contributed by atoms with Crippen LogP contribution in [0.25, 0.3) is 6.08 Å². The van der Waals surface area contributed by atoms with E-state index in [-0.39, 0.29) is 5.91 Å². The third-order valence-electron chi connectivity index (χ3n) is 2.71. The highest BCUT2D eigenvalue weighted by molar-refractivity contribution is 7.09. The molecule has 1 fully saturated rings. The van der Waals surface area contributed by atoms with Crippen molar-refractivity contribution in [1.29, 1.82) is 0 Å². The molecular formula is C12H17N3OS. The SMILES string of the molecule is Cc1nc(/C=C/C(=O)N2CCNC(C)C2)cs1. The van der Waals surface area contributed by atoms with Gasteiger partial charge >= 0.3 is 0 Å². The van der Waals surface area contributed by atoms with E-state index < -0.39 is 0 Å². The van der Waals surface area contributed by atoms with Gasteiger partial charge in [0, 0.05) is 37.1 Å². The number of hydrogen-bond donors (Lipinski definition) is 1. The molecule has 5 heteroatoms. The van der Waals surface area contributed by atoms with E-state index >= 15 is 0 Å². The largest absolute Gasteiger partial charge is 0.336 e. The van der Waals surface area contributed by atoms with Crippen molar-refractivity contribution in [3.63, 3.8) is 0 Å². The van der Waals surface area contributed by atoms with Gasteiger partial charge in [0.05, 0.1) is 10.7 Å². The fraction of sp³-hybridized carbons (Fsp3) is 0.500. The molecule has 17 heavy (non-hydrogen) atoms. The molecule has 0 spiro atoms. The highest BCUT2D eigenvalue weighted by Gasteiger charge is 2.18. The van der Waals surface area contributed by atoms with Crippen LogP contribution in [0.2, 0.25) is 0 Å². The van der Waals surface area contributed by atoms with Crippen LogP contribution in [0.15, 0.2) is 11.5 Å². The van der Waals surface area contributed by atoms with Gasteiger partial charge in [0.25, 0.3) is 0 Å². The van der Waals surface area contributed by atoms with Crippen molar-refractivity contribution in [2.24, 2.45) is 0 Å². The fourth-order valence-corrected chi connectivity index (χ4v) is 2.43. The van der Waals surface area contributed by atoms with Crippen LogP contribution >= 0.6 is 11.3 Å². The maximum atomic E-state index is 11.9. The van der Waals surface area contributed by atoms with Gasteiger partial charge in [0.2, 0.25) is 5.91 Å². The summed E-state index contributed by atoms with van der Waals surface area (Å²) in [5.74, 6) is 0.0732. The molecule has 0 radical (unpaired) electrons. The Bertz CT molecular complexity index is 427. The molecule has 1 aromatic rings. The lowest BCUT2D eigenvalue weighted by molar-refractivity contribution is -0.127. The van der Waals surface area contributed by atoms with Gasteiger partial charge in [-0.2, -0.15) is 0 Å². The summed E-state index contributed by atoms with van der Waals surface area (Å²) in [6.07, 6.45) is 3.41. The van der Waals surface area contributed by atoms with Crippen LogP contribution in [0.1, 0.15) is 17.6 Å². The highest BCUT2D eigenvalue weighted by Crippen LogP contribution is 2.09. The Labute approximate surface area is 105 Å². The van der Waals surface area contributed by atoms with Crippen molar-refractivity contribution in [1.82, 2.24) is 15.2 Å². The minimum atomic E-state index is 0.0732. The van der Waals surface area contributed by atoms with Crippen molar-refractivity contribution < 1.29 is 4.79 Å². The van der Waals surface area contributed by atoms with Crippen LogP contribution in [0.5, 0.6) is 0 Å². The van der Waals surface area contributed by atoms with E-state index in [1.165, 1.54) is 0 Å². The number of nitrogens with one attached hydrogen (secondary N) is 1. The molecule has 1 unspecified atom stereocenters. The molecule has 92 valence electrons. The predicted molar refractivity (Wildman–Crippen MR) is 69.9 cm³/mol. The lowest BCUT2D eigenvalue weighted by Crippen LogP contribution is -2.50. The van der Waals surface area contributed by atoms with E-state index in [4.69, 9.17) is 0 Å². The topological polar surface area (TPSA) is 45.2 Å². The van der Waals surface area contributed by atoms with E-state index in [1.807, 2.05) is 17.2 Å². The summed E-state index contributed by atoms with van der Waals surface area (Å²) >= 11 is 1.59. The highest BCUT2D eigenvalue weighted by atomic mass is 32.1. The Morgan fingerprint density at radius 2 is 2.53 bits per heavy atom. The number of carbonyl (C=O) groups excluding carboxylic acids is 1. The van der Waals surface area contributed by atoms with Gasteiger partial charge in [-0.15, -0.1) is 11.3 Å². The van der Waals surface area contributed by atoms with Crippen molar-refractivity contribution in [3.8, 4) is 0 Å². The third kappa shape index (κ3) is 3.38. The molecule has 0 saturated carbocycles. The summed E-state index contributed by atoms with van der Waals surface area (Å²) in [5.41, 5.74) is 0.865. The van der Waals surface area contributed by atoms with Crippen molar-refractivity contribution in [3.05, 3.63) is 22.2 Å². The van der Waals surface area contributed by atoms with Crippen LogP contribution in [0.3, 0.4) is 0 Å². The molecule has 2 heterocycles. The Hall–Kier alpha value is -1.20. The minimum Gasteiger partial charge on any atom is -0.336 e. The average molecular weight is 251 g/mol. The number of carbonyl (C=O) groups is 1. The predicted octanol–water partition coefficient (Wildman–Crippen LogP) is 1.29. The molecule has 1 saturated heterocycles. The first kappa shape index (κ1) is 12.3. The number of amides is 1. The van der Waals surface area contributed by atoms with Crippen LogP contribution in [-0.4, -0.2) is 41.5 Å². The summed E-state index contributed by atoms with van der Waals surface area (Å²) in [6.45, 7) is 6.48. The average Bonchev–Trinajstić information content (AvgIpc) is 2.72. The number of aryl methyl sites for hydroxylation is 1. The van der Waals surface area contributed by atoms with Gasteiger partial charge in [-0.1, -0.05) is 0 Å². The number of rotatable bonds is 2. The van der Waals surface area contributed by atoms with Gasteiger partial charge in [-0.3, -0.25) is 4.79 Å². The standard InChI is InChI=1S/C12H17N3OS/c1-9-7-15(6-5-13-9)12(16)4-3-11-8-17-10(2)14-11/h3-4,8-9,13H,5-7H2,1-2H3/b4-3+. The Morgan fingerprint density at radius 1 is 1.71 bits per heavy atom. The van der Waals surface area contributed by atoms with Gasteiger partial charge in [0.15, 0.2) is 0 Å². The zero-order valence-corrected chi connectivity index (χ0v) is 11.0. The maximum absolute atomic E-state index is 11.9. The van der Waals surface area contributed by atoms with Crippen LogP contribution in [-0.2, 0) is 4.79 Å². The third-order valence-corrected chi connectivity index (χ3v) is 3.51. The van der Waals surface area contributed by atoms with E-state index in [1.54, 1.807) is 23.5 Å². The van der Waals surface area contributed by atoms with Crippen molar-refractivity contribution in [2.45, 2.75) is 19.9 Å². The summed E-state index contributed by atoms with van der Waals surface area (Å²) < 4.78 is 0. The van der Waals surface area contributed by atoms with Crippen LogP contribution in [0.4, 0.5) is 0 Å². The lowest BCUT2D eigenvalue weighted by atomic mass is 10.2. The molecule has 1 aliphatic heterocycles. The van der Waals surface area contributed by atoms with Crippen LogP contribution < -0.4 is 5.32 Å². The molecule has 1 aromatic heterocycles. The van der Waals surface area contributed by atoms with E-state index in [9.17, 15) is 4.79 Å². The monoisotopic (exact) mass is 251 g/mol. The number of piperazine rings is 1. The normalized spacial score (nSPS) is 21.1. The van der Waals surface area contributed by atoms with Gasteiger partial charge < -0.3 is 10.2 Å². The van der Waals surface area contributed by atoms with Crippen LogP contribution in [0, 0.1) is 6.92 Å². The van der Waals surface area contributed by atoms with E-state index in [2.05, 4.69) is 17.2 Å². The Balaban J connectivity index is 1.94. The molecule has 1 amide bonds. The fourth-order valence-electron chi connectivity index (χ4n) is 1.85. The minimum absolute atomic E-state index is 0.0732. The number of aromatic nitrogens is 1. The first-order valence-corrected chi connectivity index (χ1v) is 6.65. The van der Waals surface area contributed by atoms with Crippen molar-refractivity contribution in [2.75, 3.05) is 19.6 Å². The summed E-state index contributed by atoms with van der Waals surface area (Å²) in [6, 6.07) is 0.377. The summed E-state index contributed by atoms with van der Waals surface area (Å²) in [7, 11) is 0. The van der Waals surface area contributed by atoms with Crippen molar-refractivity contribution >= 4 is 23.3 Å². The molecule has 0 aliphatic carbocycles. The Kier molecular flexibility index (Phi) is 3.91. The van der Waals surface area contributed by atoms with E-state index in [0.29, 0.717) is 6.04 Å². The van der Waals surface area contributed by atoms with Gasteiger partial charge in [-0.25, -0.2) is 4.98 Å². The smallest absolute Gasteiger partial charge is 0.246 e. The second-order valence-electron chi connectivity index (χ2n) is 4.26. The van der Waals surface area contributed by atoms with E-state index in [0.717, 1.165) is 30.3 Å². The molecule has 1 atom stereocenters. The second kappa shape index (κ2) is 5.42. The first-order valence-electron chi connectivity index (χ1n) is 5.77. The zero-order valence-electron chi connectivity index (χ0n) is 10.1. The van der Waals surface area contributed by atoms with Gasteiger partial charge in [0.1, 0.15) is 0 Å². The number of hydrogen-bond acceptors (Lipinski definition) is 4. The molecule has 4 nitrogen and oxygen atoms in total. The lowest BCUT2D eigenvalue weighted by Gasteiger charge is -2.31. The summed E-state index contributed by atoms with van der Waals surface area (Å²) in [4.78, 5) is 18.1. The number of thiazole rings is 1. The van der Waals surface area contributed by atoms with Gasteiger partial charge in [-0.05, 0) is 19.9 Å². The first-order chi connectivity index (χ1) is 8.15. The molecule has 1 aliphatic rings. The number of nitrogens with zero attached hydrogens (tertiary/aromatic N) is 2.